The van der Waals surface area contributed by atoms with Crippen LogP contribution in [-0.4, -0.2) is 88.4 Å². The molecule has 1 aliphatic heterocycles. The second-order valence-corrected chi connectivity index (χ2v) is 16.2. The number of aliphatic carboxylic acids is 1. The zero-order chi connectivity index (χ0) is 46.7. The molecule has 0 aliphatic carbocycles. The van der Waals surface area contributed by atoms with Gasteiger partial charge in [-0.2, -0.15) is 0 Å². The summed E-state index contributed by atoms with van der Waals surface area (Å²) in [6, 6.07) is 0. The summed E-state index contributed by atoms with van der Waals surface area (Å²) in [6.45, 7) is 3.60. The van der Waals surface area contributed by atoms with Crippen LogP contribution in [0.15, 0.2) is 97.2 Å². The molecule has 11 heteroatoms. The Morgan fingerprint density at radius 3 is 1.45 bits per heavy atom. The first-order valence-corrected chi connectivity index (χ1v) is 24.3. The van der Waals surface area contributed by atoms with Crippen LogP contribution in [0, 0.1) is 0 Å². The van der Waals surface area contributed by atoms with Crippen LogP contribution in [0.25, 0.3) is 0 Å². The van der Waals surface area contributed by atoms with Crippen molar-refractivity contribution >= 4 is 17.9 Å². The Morgan fingerprint density at radius 1 is 0.500 bits per heavy atom. The molecule has 6 atom stereocenters. The first-order chi connectivity index (χ1) is 31.2. The first kappa shape index (κ1) is 58.1. The standard InChI is InChI=1S/C53H84O11/c1-3-5-7-9-11-13-15-17-19-21-23-25-27-29-31-33-35-37-39-41-46(54)61-43-45(44-62-53-50(58)48(56)49(57)51(64-53)52(59)60)63-47(55)42-40-38-36-34-32-30-28-26-24-22-20-18-16-14-12-10-8-6-4-2/h5,7,11-14,17-20,23,25,29,31,35,37,45,48-51,53,56-58H,3-4,6,8-10,15-16,21-22,24,26-28,30,32-34,36,38-44H2,1-2H3,(H,59,60)/b7-5-,13-11-,14-12-,19-17-,20-18-,25-23-,31-29-,37-35-. The van der Waals surface area contributed by atoms with Gasteiger partial charge in [0.25, 0.3) is 0 Å². The van der Waals surface area contributed by atoms with Crippen molar-refractivity contribution in [1.82, 2.24) is 0 Å². The second kappa shape index (κ2) is 41.8. The lowest BCUT2D eigenvalue weighted by Gasteiger charge is -2.38. The molecule has 1 rings (SSSR count). The third kappa shape index (κ3) is 32.7. The van der Waals surface area contributed by atoms with Crippen molar-refractivity contribution in [3.63, 3.8) is 0 Å². The highest BCUT2D eigenvalue weighted by Crippen LogP contribution is 2.23. The number of hydrogen-bond acceptors (Lipinski definition) is 10. The average molecular weight is 897 g/mol. The lowest BCUT2D eigenvalue weighted by atomic mass is 9.99. The summed E-state index contributed by atoms with van der Waals surface area (Å²) in [5.41, 5.74) is 0. The van der Waals surface area contributed by atoms with Crippen molar-refractivity contribution in [3.05, 3.63) is 97.2 Å². The van der Waals surface area contributed by atoms with E-state index in [1.165, 1.54) is 51.4 Å². The van der Waals surface area contributed by atoms with Crippen molar-refractivity contribution in [3.8, 4) is 0 Å². The molecule has 0 amide bonds. The maximum atomic E-state index is 12.8. The van der Waals surface area contributed by atoms with Gasteiger partial charge in [-0.3, -0.25) is 9.59 Å². The SMILES string of the molecule is CC/C=C\C/C=C\C/C=C\C/C=C\C/C=C\C/C=C\CCC(=O)OCC(COC1OC(C(=O)O)C(O)C(O)C1O)OC(=O)CCCCCCCCCCC/C=C\C/C=C\CCCCC. The third-order valence-corrected chi connectivity index (χ3v) is 10.4. The Bertz CT molecular complexity index is 1420. The van der Waals surface area contributed by atoms with Gasteiger partial charge in [-0.25, -0.2) is 4.79 Å². The average Bonchev–Trinajstić information content (AvgIpc) is 3.28. The fourth-order valence-corrected chi connectivity index (χ4v) is 6.64. The quantitative estimate of drug-likeness (QED) is 0.0263. The van der Waals surface area contributed by atoms with Crippen molar-refractivity contribution in [2.75, 3.05) is 13.2 Å². The lowest BCUT2D eigenvalue weighted by Crippen LogP contribution is -2.60. The predicted octanol–water partition coefficient (Wildman–Crippen LogP) is 11.2. The van der Waals surface area contributed by atoms with Crippen LogP contribution in [0.4, 0.5) is 0 Å². The molecule has 4 N–H and O–H groups in total. The maximum Gasteiger partial charge on any atom is 0.335 e. The Hall–Kier alpha value is -3.87. The van der Waals surface area contributed by atoms with Crippen molar-refractivity contribution < 1.29 is 53.8 Å². The van der Waals surface area contributed by atoms with Gasteiger partial charge < -0.3 is 39.4 Å². The lowest BCUT2D eigenvalue weighted by molar-refractivity contribution is -0.298. The molecule has 1 saturated heterocycles. The normalized spacial score (nSPS) is 20.2. The van der Waals surface area contributed by atoms with E-state index in [-0.39, 0.29) is 19.4 Å². The number of unbranched alkanes of at least 4 members (excludes halogenated alkanes) is 12. The summed E-state index contributed by atoms with van der Waals surface area (Å²) in [6.07, 6.45) is 47.5. The van der Waals surface area contributed by atoms with Crippen LogP contribution >= 0.6 is 0 Å². The van der Waals surface area contributed by atoms with E-state index < -0.39 is 61.3 Å². The van der Waals surface area contributed by atoms with E-state index in [9.17, 15) is 34.8 Å². The molecule has 0 aromatic heterocycles. The van der Waals surface area contributed by atoms with Gasteiger partial charge >= 0.3 is 17.9 Å². The molecular weight excluding hydrogens is 813 g/mol. The van der Waals surface area contributed by atoms with Gasteiger partial charge in [-0.05, 0) is 83.5 Å². The van der Waals surface area contributed by atoms with Crippen LogP contribution in [0.1, 0.15) is 168 Å². The van der Waals surface area contributed by atoms with Crippen LogP contribution in [0.2, 0.25) is 0 Å². The number of carbonyl (C=O) groups is 3. The van der Waals surface area contributed by atoms with E-state index in [1.807, 2.05) is 12.2 Å². The van der Waals surface area contributed by atoms with Gasteiger partial charge in [0.05, 0.1) is 6.61 Å². The molecule has 6 unspecified atom stereocenters. The molecule has 0 radical (unpaired) electrons. The number of rotatable bonds is 39. The highest BCUT2D eigenvalue weighted by molar-refractivity contribution is 5.73. The molecule has 1 heterocycles. The van der Waals surface area contributed by atoms with Gasteiger partial charge in [0, 0.05) is 12.8 Å². The van der Waals surface area contributed by atoms with Gasteiger partial charge in [-0.15, -0.1) is 0 Å². The highest BCUT2D eigenvalue weighted by Gasteiger charge is 2.47. The van der Waals surface area contributed by atoms with E-state index in [2.05, 4.69) is 98.9 Å². The maximum absolute atomic E-state index is 12.8. The van der Waals surface area contributed by atoms with Gasteiger partial charge in [0.1, 0.15) is 24.9 Å². The summed E-state index contributed by atoms with van der Waals surface area (Å²) in [7, 11) is 0. The molecule has 0 aromatic carbocycles. The summed E-state index contributed by atoms with van der Waals surface area (Å²) in [5.74, 6) is -2.57. The molecule has 0 saturated carbocycles. The molecule has 64 heavy (non-hydrogen) atoms. The van der Waals surface area contributed by atoms with Crippen LogP contribution in [-0.2, 0) is 33.3 Å². The van der Waals surface area contributed by atoms with Crippen molar-refractivity contribution in [2.45, 2.75) is 205 Å². The number of carboxylic acid groups (broad SMARTS) is 1. The minimum atomic E-state index is -1.88. The molecule has 362 valence electrons. The van der Waals surface area contributed by atoms with E-state index in [0.717, 1.165) is 77.0 Å². The van der Waals surface area contributed by atoms with E-state index >= 15 is 0 Å². The summed E-state index contributed by atoms with van der Waals surface area (Å²) in [5, 5.41) is 39.9. The summed E-state index contributed by atoms with van der Waals surface area (Å²) < 4.78 is 21.7. The van der Waals surface area contributed by atoms with E-state index in [0.29, 0.717) is 12.8 Å². The zero-order valence-corrected chi connectivity index (χ0v) is 39.2. The fourth-order valence-electron chi connectivity index (χ4n) is 6.64. The largest absolute Gasteiger partial charge is 0.479 e. The van der Waals surface area contributed by atoms with Crippen LogP contribution in [0.5, 0.6) is 0 Å². The highest BCUT2D eigenvalue weighted by atomic mass is 16.7. The van der Waals surface area contributed by atoms with Crippen LogP contribution < -0.4 is 0 Å². The molecule has 0 aromatic rings. The Kier molecular flexibility index (Phi) is 38.0. The fraction of sp³-hybridized carbons (Fsp3) is 0.642. The third-order valence-electron chi connectivity index (χ3n) is 10.4. The molecular formula is C53H84O11. The van der Waals surface area contributed by atoms with Gasteiger partial charge in [0.2, 0.25) is 0 Å². The van der Waals surface area contributed by atoms with Gasteiger partial charge in [-0.1, -0.05) is 169 Å². The number of carbonyl (C=O) groups excluding carboxylic acids is 2. The van der Waals surface area contributed by atoms with Gasteiger partial charge in [0.15, 0.2) is 18.5 Å². The van der Waals surface area contributed by atoms with E-state index in [4.69, 9.17) is 18.9 Å². The minimum Gasteiger partial charge on any atom is -0.479 e. The summed E-state index contributed by atoms with van der Waals surface area (Å²) in [4.78, 5) is 36.9. The Balaban J connectivity index is 2.40. The van der Waals surface area contributed by atoms with E-state index in [1.54, 1.807) is 0 Å². The molecule has 1 fully saturated rings. The molecule has 1 aliphatic rings. The number of carboxylic acids is 1. The minimum absolute atomic E-state index is 0.104. The smallest absolute Gasteiger partial charge is 0.335 e. The van der Waals surface area contributed by atoms with Crippen molar-refractivity contribution in [1.29, 1.82) is 0 Å². The number of aliphatic hydroxyl groups is 3. The molecule has 11 nitrogen and oxygen atoms in total. The number of allylic oxidation sites excluding steroid dienone is 16. The van der Waals surface area contributed by atoms with Crippen molar-refractivity contribution in [2.24, 2.45) is 0 Å². The monoisotopic (exact) mass is 897 g/mol. The molecule has 0 bridgehead atoms. The number of hydrogen-bond donors (Lipinski definition) is 4. The van der Waals surface area contributed by atoms with Crippen LogP contribution in [0.3, 0.4) is 0 Å². The topological polar surface area (TPSA) is 169 Å². The number of ether oxygens (including phenoxy) is 4. The predicted molar refractivity (Wildman–Crippen MR) is 256 cm³/mol. The first-order valence-electron chi connectivity index (χ1n) is 24.3. The Morgan fingerprint density at radius 2 is 0.953 bits per heavy atom. The summed E-state index contributed by atoms with van der Waals surface area (Å²) >= 11 is 0. The zero-order valence-electron chi connectivity index (χ0n) is 39.2. The number of esters is 2. The molecule has 0 spiro atoms. The Labute approximate surface area is 385 Å². The second-order valence-electron chi connectivity index (χ2n) is 16.2. The number of aliphatic hydroxyl groups excluding tert-OH is 3.